The summed E-state index contributed by atoms with van der Waals surface area (Å²) in [6.45, 7) is 5.63. The van der Waals surface area contributed by atoms with Gasteiger partial charge in [-0.05, 0) is 75.0 Å². The van der Waals surface area contributed by atoms with Gasteiger partial charge in [0.2, 0.25) is 0 Å². The topological polar surface area (TPSA) is 51.7 Å². The van der Waals surface area contributed by atoms with Crippen molar-refractivity contribution in [3.05, 3.63) is 23.9 Å². The fourth-order valence-corrected chi connectivity index (χ4v) is 6.62. The van der Waals surface area contributed by atoms with E-state index in [0.717, 1.165) is 29.7 Å². The largest absolute Gasteiger partial charge is 0.366 e. The van der Waals surface area contributed by atoms with Gasteiger partial charge in [-0.3, -0.25) is 9.69 Å². The predicted molar refractivity (Wildman–Crippen MR) is 112 cm³/mol. The Morgan fingerprint density at radius 3 is 2.71 bits per heavy atom. The van der Waals surface area contributed by atoms with Crippen LogP contribution in [0.5, 0.6) is 0 Å². The molecule has 6 heterocycles. The molecule has 28 heavy (non-hydrogen) atoms. The Hall–Kier alpha value is -1.70. The van der Waals surface area contributed by atoms with Crippen molar-refractivity contribution in [2.75, 3.05) is 44.7 Å². The highest BCUT2D eigenvalue weighted by Gasteiger charge is 2.41. The Balaban J connectivity index is 1.22. The van der Waals surface area contributed by atoms with Gasteiger partial charge in [0, 0.05) is 48.8 Å². The first-order valence-electron chi connectivity index (χ1n) is 10.6. The van der Waals surface area contributed by atoms with Crippen LogP contribution >= 0.6 is 11.5 Å². The molecule has 5 aliphatic heterocycles. The lowest BCUT2D eigenvalue weighted by Gasteiger charge is -2.44. The number of fused-ring (bicyclic) bond motifs is 6. The number of piperazine rings is 1. The normalized spacial score (nSPS) is 34.5. The van der Waals surface area contributed by atoms with Crippen LogP contribution in [-0.2, 0) is 0 Å². The van der Waals surface area contributed by atoms with Gasteiger partial charge in [-0.1, -0.05) is 0 Å². The van der Waals surface area contributed by atoms with Crippen molar-refractivity contribution in [1.82, 2.24) is 19.5 Å². The number of hydrogen-bond donors (Lipinski definition) is 1. The Kier molecular flexibility index (Phi) is 3.93. The van der Waals surface area contributed by atoms with Crippen LogP contribution in [0, 0.1) is 5.92 Å². The van der Waals surface area contributed by atoms with Crippen LogP contribution in [0.15, 0.2) is 18.2 Å². The van der Waals surface area contributed by atoms with Crippen molar-refractivity contribution in [3.63, 3.8) is 0 Å². The van der Waals surface area contributed by atoms with Gasteiger partial charge in [-0.15, -0.1) is 0 Å². The molecule has 148 valence electrons. The minimum atomic E-state index is -0.000366. The third-order valence-electron chi connectivity index (χ3n) is 7.49. The Morgan fingerprint density at radius 2 is 2.04 bits per heavy atom. The second-order valence-corrected chi connectivity index (χ2v) is 9.87. The molecular formula is C21H27N5OS. The number of benzene rings is 1. The highest BCUT2D eigenvalue weighted by atomic mass is 32.1. The van der Waals surface area contributed by atoms with Crippen molar-refractivity contribution in [1.29, 1.82) is 0 Å². The molecule has 1 N–H and O–H groups in total. The molecule has 1 aromatic heterocycles. The molecule has 0 radical (unpaired) electrons. The van der Waals surface area contributed by atoms with E-state index in [1.165, 1.54) is 49.6 Å². The third-order valence-corrected chi connectivity index (χ3v) is 8.30. The number of nitrogens with zero attached hydrogens (tertiary/aromatic N) is 4. The number of carbonyl (C=O) groups excluding carboxylic acids is 1. The summed E-state index contributed by atoms with van der Waals surface area (Å²) in [5, 5.41) is 4.28. The molecule has 6 nitrogen and oxygen atoms in total. The highest BCUT2D eigenvalue weighted by molar-refractivity contribution is 7.13. The molecule has 5 fully saturated rings. The Morgan fingerprint density at radius 1 is 1.18 bits per heavy atom. The first-order valence-corrected chi connectivity index (χ1v) is 11.3. The fraction of sp³-hybridized carbons (Fsp3) is 0.619. The van der Waals surface area contributed by atoms with Gasteiger partial charge >= 0.3 is 0 Å². The first kappa shape index (κ1) is 17.2. The van der Waals surface area contributed by atoms with Gasteiger partial charge in [-0.25, -0.2) is 0 Å². The number of amides is 1. The number of carbonyl (C=O) groups is 1. The molecule has 4 bridgehead atoms. The lowest BCUT2D eigenvalue weighted by Crippen LogP contribution is -2.57. The van der Waals surface area contributed by atoms with Crippen LogP contribution in [0.3, 0.4) is 0 Å². The first-order chi connectivity index (χ1) is 13.7. The summed E-state index contributed by atoms with van der Waals surface area (Å²) < 4.78 is 5.66. The van der Waals surface area contributed by atoms with E-state index in [9.17, 15) is 4.79 Å². The second-order valence-electron chi connectivity index (χ2n) is 9.06. The van der Waals surface area contributed by atoms with Crippen molar-refractivity contribution < 1.29 is 4.79 Å². The molecule has 1 amide bonds. The van der Waals surface area contributed by atoms with Gasteiger partial charge < -0.3 is 15.1 Å². The summed E-state index contributed by atoms with van der Waals surface area (Å²) in [6, 6.07) is 8.12. The van der Waals surface area contributed by atoms with E-state index in [-0.39, 0.29) is 11.9 Å². The van der Waals surface area contributed by atoms with Crippen LogP contribution in [0.2, 0.25) is 0 Å². The van der Waals surface area contributed by atoms with Crippen molar-refractivity contribution in [3.8, 4) is 0 Å². The van der Waals surface area contributed by atoms with E-state index < -0.39 is 0 Å². The highest BCUT2D eigenvalue weighted by Crippen LogP contribution is 2.36. The Labute approximate surface area is 169 Å². The number of anilines is 1. The number of piperidine rings is 3. The monoisotopic (exact) mass is 397 g/mol. The molecule has 5 saturated heterocycles. The fourth-order valence-electron chi connectivity index (χ4n) is 5.82. The smallest absolute Gasteiger partial charge is 0.271 e. The maximum absolute atomic E-state index is 12.9. The molecule has 1 aromatic carbocycles. The zero-order chi connectivity index (χ0) is 18.8. The van der Waals surface area contributed by atoms with E-state index >= 15 is 0 Å². The maximum Gasteiger partial charge on any atom is 0.271 e. The molecule has 5 aliphatic rings. The van der Waals surface area contributed by atoms with Crippen LogP contribution < -0.4 is 10.2 Å². The van der Waals surface area contributed by atoms with Crippen LogP contribution in [0.25, 0.3) is 10.1 Å². The molecule has 3 atom stereocenters. The molecule has 0 saturated carbocycles. The zero-order valence-electron chi connectivity index (χ0n) is 16.3. The van der Waals surface area contributed by atoms with Gasteiger partial charge in [0.05, 0.1) is 4.70 Å². The molecule has 0 aliphatic carbocycles. The van der Waals surface area contributed by atoms with E-state index in [2.05, 4.69) is 49.6 Å². The summed E-state index contributed by atoms with van der Waals surface area (Å²) in [5.41, 5.74) is 1.88. The van der Waals surface area contributed by atoms with Gasteiger partial charge in [-0.2, -0.15) is 4.37 Å². The van der Waals surface area contributed by atoms with Gasteiger partial charge in [0.15, 0.2) is 0 Å². The van der Waals surface area contributed by atoms with Crippen molar-refractivity contribution in [2.45, 2.75) is 37.4 Å². The summed E-state index contributed by atoms with van der Waals surface area (Å²) in [7, 11) is 2.23. The van der Waals surface area contributed by atoms with E-state index in [0.29, 0.717) is 23.7 Å². The van der Waals surface area contributed by atoms with E-state index in [1.54, 1.807) is 0 Å². The Bertz CT molecular complexity index is 919. The molecule has 7 heteroatoms. The molecule has 0 unspecified atom stereocenters. The number of likely N-dealkylation sites (N-methyl/N-ethyl adjacent to an activating group) is 1. The number of rotatable bonds is 3. The van der Waals surface area contributed by atoms with E-state index in [1.807, 2.05) is 0 Å². The van der Waals surface area contributed by atoms with Crippen LogP contribution in [-0.4, -0.2) is 78.0 Å². The standard InChI is InChI=1S/C21H27N5OS/c1-24-10-16-8-15(24)11-26(16)14-2-3-17-19(9-14)28-23-20(17)21(27)22-18-12-25-6-4-13(18)5-7-25/h2-3,9,13,15-16,18H,4-8,10-12H2,1H3,(H,22,27)/t15-,16-,18+/m1/s1. The lowest BCUT2D eigenvalue weighted by atomic mass is 9.84. The van der Waals surface area contributed by atoms with Crippen LogP contribution in [0.4, 0.5) is 5.69 Å². The summed E-state index contributed by atoms with van der Waals surface area (Å²) >= 11 is 1.45. The average molecular weight is 398 g/mol. The number of likely N-dealkylation sites (tertiary alicyclic amines) is 1. The van der Waals surface area contributed by atoms with E-state index in [4.69, 9.17) is 0 Å². The molecule has 7 rings (SSSR count). The number of hydrogen-bond acceptors (Lipinski definition) is 6. The SMILES string of the molecule is CN1C[C@H]2C[C@@H]1CN2c1ccc2c(C(=O)N[C@H]3CN4CCC3CC4)nsc2c1. The van der Waals surface area contributed by atoms with Crippen molar-refractivity contribution in [2.24, 2.45) is 5.92 Å². The molecule has 2 aromatic rings. The second kappa shape index (κ2) is 6.40. The third kappa shape index (κ3) is 2.67. The van der Waals surface area contributed by atoms with Gasteiger partial charge in [0.25, 0.3) is 5.91 Å². The van der Waals surface area contributed by atoms with Crippen molar-refractivity contribution >= 4 is 33.2 Å². The zero-order valence-corrected chi connectivity index (χ0v) is 17.1. The average Bonchev–Trinajstić information content (AvgIpc) is 3.41. The minimum Gasteiger partial charge on any atom is -0.366 e. The van der Waals surface area contributed by atoms with Crippen LogP contribution in [0.1, 0.15) is 29.8 Å². The molecular weight excluding hydrogens is 370 g/mol. The molecule has 0 spiro atoms. The summed E-state index contributed by atoms with van der Waals surface area (Å²) in [4.78, 5) is 20.4. The predicted octanol–water partition coefficient (Wildman–Crippen LogP) is 2.01. The maximum atomic E-state index is 12.9. The summed E-state index contributed by atoms with van der Waals surface area (Å²) in [5.74, 6) is 0.633. The lowest BCUT2D eigenvalue weighted by molar-refractivity contribution is 0.0619. The van der Waals surface area contributed by atoms with Gasteiger partial charge in [0.1, 0.15) is 5.69 Å². The minimum absolute atomic E-state index is 0.000366. The quantitative estimate of drug-likeness (QED) is 0.859. The number of nitrogens with one attached hydrogen (secondary N) is 1. The number of aromatic nitrogens is 1. The summed E-state index contributed by atoms with van der Waals surface area (Å²) in [6.07, 6.45) is 3.68.